The van der Waals surface area contributed by atoms with Gasteiger partial charge in [0, 0.05) is 5.56 Å². The van der Waals surface area contributed by atoms with E-state index in [9.17, 15) is 14.7 Å². The monoisotopic (exact) mass is 298 g/mol. The minimum atomic E-state index is -0.484. The maximum atomic E-state index is 11.9. The van der Waals surface area contributed by atoms with Crippen molar-refractivity contribution < 1.29 is 14.7 Å². The minimum Gasteiger partial charge on any atom is -0.394 e. The van der Waals surface area contributed by atoms with Crippen LogP contribution in [0.15, 0.2) is 60.7 Å². The van der Waals surface area contributed by atoms with Crippen LogP contribution >= 0.6 is 0 Å². The van der Waals surface area contributed by atoms with Crippen molar-refractivity contribution in [3.63, 3.8) is 0 Å². The van der Waals surface area contributed by atoms with Gasteiger partial charge < -0.3 is 15.7 Å². The number of hydrogen-bond donors (Lipinski definition) is 3. The summed E-state index contributed by atoms with van der Waals surface area (Å²) in [5, 5.41) is 14.6. The second kappa shape index (κ2) is 7.95. The highest BCUT2D eigenvalue weighted by molar-refractivity contribution is 5.96. The van der Waals surface area contributed by atoms with E-state index in [4.69, 9.17) is 0 Å². The summed E-state index contributed by atoms with van der Waals surface area (Å²) in [6, 6.07) is 17.4. The van der Waals surface area contributed by atoms with Gasteiger partial charge in [-0.1, -0.05) is 48.5 Å². The smallest absolute Gasteiger partial charge is 0.251 e. The van der Waals surface area contributed by atoms with Gasteiger partial charge in [-0.3, -0.25) is 9.59 Å². The van der Waals surface area contributed by atoms with Gasteiger partial charge >= 0.3 is 0 Å². The highest BCUT2D eigenvalue weighted by atomic mass is 16.3. The quantitative estimate of drug-likeness (QED) is 0.751. The predicted molar refractivity (Wildman–Crippen MR) is 83.2 cm³/mol. The lowest BCUT2D eigenvalue weighted by Crippen LogP contribution is -2.39. The Bertz CT molecular complexity index is 614. The van der Waals surface area contributed by atoms with E-state index in [-0.39, 0.29) is 25.0 Å². The molecule has 5 nitrogen and oxygen atoms in total. The molecular weight excluding hydrogens is 280 g/mol. The fraction of sp³-hybridized carbons (Fsp3) is 0.176. The van der Waals surface area contributed by atoms with Crippen LogP contribution in [0.2, 0.25) is 0 Å². The van der Waals surface area contributed by atoms with E-state index in [1.807, 2.05) is 36.4 Å². The van der Waals surface area contributed by atoms with Gasteiger partial charge in [-0.2, -0.15) is 0 Å². The largest absolute Gasteiger partial charge is 0.394 e. The van der Waals surface area contributed by atoms with E-state index in [0.29, 0.717) is 5.56 Å². The molecule has 2 amide bonds. The lowest BCUT2D eigenvalue weighted by Gasteiger charge is -2.17. The lowest BCUT2D eigenvalue weighted by molar-refractivity contribution is -0.121. The van der Waals surface area contributed by atoms with Crippen LogP contribution in [0.4, 0.5) is 0 Å². The number of nitrogens with one attached hydrogen (secondary N) is 2. The van der Waals surface area contributed by atoms with E-state index in [1.54, 1.807) is 24.3 Å². The van der Waals surface area contributed by atoms with Gasteiger partial charge in [0.05, 0.1) is 19.2 Å². The summed E-state index contributed by atoms with van der Waals surface area (Å²) in [6.07, 6.45) is 0. The average molecular weight is 298 g/mol. The first-order valence-electron chi connectivity index (χ1n) is 6.99. The van der Waals surface area contributed by atoms with Gasteiger partial charge in [-0.05, 0) is 17.7 Å². The summed E-state index contributed by atoms with van der Waals surface area (Å²) in [5.41, 5.74) is 1.31. The summed E-state index contributed by atoms with van der Waals surface area (Å²) >= 11 is 0. The maximum Gasteiger partial charge on any atom is 0.251 e. The Morgan fingerprint density at radius 1 is 0.955 bits per heavy atom. The van der Waals surface area contributed by atoms with E-state index in [2.05, 4.69) is 10.6 Å². The van der Waals surface area contributed by atoms with Crippen LogP contribution in [-0.2, 0) is 4.79 Å². The molecule has 0 spiro atoms. The number of rotatable bonds is 6. The van der Waals surface area contributed by atoms with Crippen molar-refractivity contribution in [2.45, 2.75) is 6.04 Å². The first kappa shape index (κ1) is 15.7. The standard InChI is InChI=1S/C17H18N2O3/c20-12-15(13-7-3-1-4-8-13)19-16(21)11-18-17(22)14-9-5-2-6-10-14/h1-10,15,20H,11-12H2,(H,18,22)(H,19,21). The van der Waals surface area contributed by atoms with E-state index < -0.39 is 6.04 Å². The molecule has 0 aliphatic heterocycles. The van der Waals surface area contributed by atoms with Gasteiger partial charge in [-0.25, -0.2) is 0 Å². The lowest BCUT2D eigenvalue weighted by atomic mass is 10.1. The normalized spacial score (nSPS) is 11.5. The zero-order chi connectivity index (χ0) is 15.8. The molecule has 1 atom stereocenters. The zero-order valence-corrected chi connectivity index (χ0v) is 12.0. The van der Waals surface area contributed by atoms with E-state index in [1.165, 1.54) is 0 Å². The Morgan fingerprint density at radius 3 is 2.14 bits per heavy atom. The predicted octanol–water partition coefficient (Wildman–Crippen LogP) is 1.27. The van der Waals surface area contributed by atoms with Crippen molar-refractivity contribution in [1.82, 2.24) is 10.6 Å². The molecule has 2 aromatic rings. The molecule has 0 aliphatic rings. The molecule has 22 heavy (non-hydrogen) atoms. The van der Waals surface area contributed by atoms with Crippen molar-refractivity contribution in [3.8, 4) is 0 Å². The molecular formula is C17H18N2O3. The summed E-state index contributed by atoms with van der Waals surface area (Å²) in [7, 11) is 0. The first-order valence-corrected chi connectivity index (χ1v) is 6.99. The van der Waals surface area contributed by atoms with Crippen LogP contribution in [0, 0.1) is 0 Å². The Morgan fingerprint density at radius 2 is 1.55 bits per heavy atom. The Kier molecular flexibility index (Phi) is 5.68. The number of carbonyl (C=O) groups excluding carboxylic acids is 2. The van der Waals surface area contributed by atoms with Crippen LogP contribution < -0.4 is 10.6 Å². The molecule has 0 aromatic heterocycles. The van der Waals surface area contributed by atoms with Crippen molar-refractivity contribution in [1.29, 1.82) is 0 Å². The molecule has 0 saturated heterocycles. The minimum absolute atomic E-state index is 0.142. The zero-order valence-electron chi connectivity index (χ0n) is 12.0. The van der Waals surface area contributed by atoms with Crippen LogP contribution in [0.3, 0.4) is 0 Å². The second-order valence-electron chi connectivity index (χ2n) is 4.76. The summed E-state index contributed by atoms with van der Waals surface area (Å²) in [6.45, 7) is -0.348. The fourth-order valence-corrected chi connectivity index (χ4v) is 2.02. The van der Waals surface area contributed by atoms with Crippen molar-refractivity contribution in [2.75, 3.05) is 13.2 Å². The van der Waals surface area contributed by atoms with Crippen LogP contribution in [0.5, 0.6) is 0 Å². The number of benzene rings is 2. The maximum absolute atomic E-state index is 11.9. The van der Waals surface area contributed by atoms with Gasteiger partial charge in [-0.15, -0.1) is 0 Å². The first-order chi connectivity index (χ1) is 10.7. The SMILES string of the molecule is O=C(CNC(=O)c1ccccc1)NC(CO)c1ccccc1. The number of amides is 2. The average Bonchev–Trinajstić information content (AvgIpc) is 2.59. The topological polar surface area (TPSA) is 78.4 Å². The van der Waals surface area contributed by atoms with Gasteiger partial charge in [0.2, 0.25) is 5.91 Å². The Hall–Kier alpha value is -2.66. The summed E-state index contributed by atoms with van der Waals surface area (Å²) in [4.78, 5) is 23.7. The third kappa shape index (κ3) is 4.43. The van der Waals surface area contributed by atoms with Crippen molar-refractivity contribution >= 4 is 11.8 Å². The highest BCUT2D eigenvalue weighted by Gasteiger charge is 2.14. The van der Waals surface area contributed by atoms with Crippen LogP contribution in [0.25, 0.3) is 0 Å². The second-order valence-corrected chi connectivity index (χ2v) is 4.76. The third-order valence-electron chi connectivity index (χ3n) is 3.17. The van der Waals surface area contributed by atoms with Crippen molar-refractivity contribution in [3.05, 3.63) is 71.8 Å². The number of carbonyl (C=O) groups is 2. The number of aliphatic hydroxyl groups is 1. The van der Waals surface area contributed by atoms with E-state index in [0.717, 1.165) is 5.56 Å². The molecule has 1 unspecified atom stereocenters. The summed E-state index contributed by atoms with van der Waals surface area (Å²) < 4.78 is 0. The molecule has 0 radical (unpaired) electrons. The summed E-state index contributed by atoms with van der Waals surface area (Å²) in [5.74, 6) is -0.664. The fourth-order valence-electron chi connectivity index (χ4n) is 2.02. The van der Waals surface area contributed by atoms with Gasteiger partial charge in [0.1, 0.15) is 0 Å². The Labute approximate surface area is 129 Å². The Balaban J connectivity index is 1.86. The molecule has 0 heterocycles. The molecule has 2 aromatic carbocycles. The highest BCUT2D eigenvalue weighted by Crippen LogP contribution is 2.11. The third-order valence-corrected chi connectivity index (χ3v) is 3.17. The molecule has 0 fully saturated rings. The molecule has 0 bridgehead atoms. The van der Waals surface area contributed by atoms with Crippen LogP contribution in [-0.4, -0.2) is 30.1 Å². The molecule has 2 rings (SSSR count). The number of aliphatic hydroxyl groups excluding tert-OH is 1. The molecule has 0 aliphatic carbocycles. The van der Waals surface area contributed by atoms with Gasteiger partial charge in [0.25, 0.3) is 5.91 Å². The van der Waals surface area contributed by atoms with Crippen LogP contribution in [0.1, 0.15) is 22.0 Å². The number of hydrogen-bond acceptors (Lipinski definition) is 3. The van der Waals surface area contributed by atoms with Gasteiger partial charge in [0.15, 0.2) is 0 Å². The van der Waals surface area contributed by atoms with E-state index >= 15 is 0 Å². The molecule has 0 saturated carbocycles. The molecule has 114 valence electrons. The molecule has 3 N–H and O–H groups in total. The van der Waals surface area contributed by atoms with Crippen molar-refractivity contribution in [2.24, 2.45) is 0 Å². The molecule has 5 heteroatoms.